The quantitative estimate of drug-likeness (QED) is 0.630. The van der Waals surface area contributed by atoms with Crippen molar-refractivity contribution in [2.75, 3.05) is 6.61 Å². The highest BCUT2D eigenvalue weighted by molar-refractivity contribution is 5.76. The molecule has 0 spiro atoms. The summed E-state index contributed by atoms with van der Waals surface area (Å²) in [5, 5.41) is 1.83. The van der Waals surface area contributed by atoms with E-state index in [0.717, 1.165) is 12.0 Å². The molecular weight excluding hydrogens is 266 g/mol. The van der Waals surface area contributed by atoms with Crippen LogP contribution < -0.4 is 0 Å². The molecule has 4 nitrogen and oxygen atoms in total. The van der Waals surface area contributed by atoms with Crippen LogP contribution in [-0.2, 0) is 14.4 Å². The maximum atomic E-state index is 12.4. The fourth-order valence-electron chi connectivity index (χ4n) is 3.13. The number of carbonyl (C=O) groups is 1. The molecule has 0 amide bonds. The third-order valence-electron chi connectivity index (χ3n) is 4.21. The van der Waals surface area contributed by atoms with Crippen molar-refractivity contribution >= 4 is 5.97 Å². The van der Waals surface area contributed by atoms with E-state index in [2.05, 4.69) is 31.2 Å². The first-order valence-electron chi connectivity index (χ1n) is 7.55. The number of ether oxygens (including phenoxy) is 1. The molecule has 21 heavy (non-hydrogen) atoms. The van der Waals surface area contributed by atoms with E-state index in [9.17, 15) is 4.79 Å². The Morgan fingerprint density at radius 3 is 2.86 bits per heavy atom. The van der Waals surface area contributed by atoms with Crippen LogP contribution in [0.2, 0.25) is 0 Å². The van der Waals surface area contributed by atoms with E-state index in [1.807, 2.05) is 30.2 Å². The lowest BCUT2D eigenvalue weighted by Gasteiger charge is -2.41. The number of carbonyl (C=O) groups excluding carboxylic acids is 1. The van der Waals surface area contributed by atoms with Gasteiger partial charge in [0.25, 0.3) is 0 Å². The third-order valence-corrected chi connectivity index (χ3v) is 4.21. The summed E-state index contributed by atoms with van der Waals surface area (Å²) in [5.41, 5.74) is 1.13. The average molecular weight is 287 g/mol. The van der Waals surface area contributed by atoms with Crippen LogP contribution >= 0.6 is 0 Å². The van der Waals surface area contributed by atoms with Crippen molar-refractivity contribution in [2.45, 2.75) is 38.5 Å². The van der Waals surface area contributed by atoms with Crippen LogP contribution in [0.3, 0.4) is 0 Å². The van der Waals surface area contributed by atoms with Gasteiger partial charge in [-0.05, 0) is 25.8 Å². The van der Waals surface area contributed by atoms with E-state index in [-0.39, 0.29) is 30.1 Å². The van der Waals surface area contributed by atoms with Crippen molar-refractivity contribution in [3.8, 4) is 0 Å². The minimum absolute atomic E-state index is 0.00538. The van der Waals surface area contributed by atoms with Gasteiger partial charge in [0.05, 0.1) is 18.8 Å². The van der Waals surface area contributed by atoms with Crippen LogP contribution in [-0.4, -0.2) is 29.8 Å². The molecule has 1 heterocycles. The molecule has 0 saturated carbocycles. The molecule has 1 aliphatic heterocycles. The van der Waals surface area contributed by atoms with Crippen LogP contribution in [0.5, 0.6) is 0 Å². The Labute approximate surface area is 125 Å². The molecule has 0 N–H and O–H groups in total. The lowest BCUT2D eigenvalue weighted by Crippen LogP contribution is -2.51. The molecule has 1 aliphatic carbocycles. The number of esters is 1. The maximum absolute atomic E-state index is 12.4. The van der Waals surface area contributed by atoms with Crippen molar-refractivity contribution < 1.29 is 14.4 Å². The largest absolute Gasteiger partial charge is 0.465 e. The number of hydroxylamine groups is 2. The van der Waals surface area contributed by atoms with Crippen molar-refractivity contribution in [3.63, 3.8) is 0 Å². The third kappa shape index (κ3) is 2.74. The predicted molar refractivity (Wildman–Crippen MR) is 79.2 cm³/mol. The van der Waals surface area contributed by atoms with Crippen LogP contribution in [0, 0.1) is 5.92 Å². The van der Waals surface area contributed by atoms with Gasteiger partial charge in [0, 0.05) is 5.92 Å². The van der Waals surface area contributed by atoms with Crippen LogP contribution in [0.25, 0.3) is 0 Å². The Morgan fingerprint density at radius 1 is 1.38 bits per heavy atom. The summed E-state index contributed by atoms with van der Waals surface area (Å²) >= 11 is 0. The van der Waals surface area contributed by atoms with Gasteiger partial charge in [-0.3, -0.25) is 9.63 Å². The molecule has 1 aromatic rings. The van der Waals surface area contributed by atoms with Gasteiger partial charge in [-0.15, -0.1) is 0 Å². The Kier molecular flexibility index (Phi) is 4.08. The molecule has 3 rings (SSSR count). The molecule has 1 fully saturated rings. The lowest BCUT2D eigenvalue weighted by atomic mass is 9.95. The number of hydrogen-bond acceptors (Lipinski definition) is 4. The Morgan fingerprint density at radius 2 is 2.14 bits per heavy atom. The van der Waals surface area contributed by atoms with E-state index < -0.39 is 0 Å². The first kappa shape index (κ1) is 14.3. The molecule has 0 unspecified atom stereocenters. The zero-order chi connectivity index (χ0) is 14.8. The number of nitrogens with zero attached hydrogens (tertiary/aromatic N) is 1. The van der Waals surface area contributed by atoms with Gasteiger partial charge in [-0.2, -0.15) is 5.06 Å². The Bertz CT molecular complexity index is 528. The first-order chi connectivity index (χ1) is 10.2. The molecule has 2 aliphatic rings. The molecule has 1 aromatic carbocycles. The highest BCUT2D eigenvalue weighted by atomic mass is 16.7. The van der Waals surface area contributed by atoms with Gasteiger partial charge in [-0.1, -0.05) is 42.5 Å². The monoisotopic (exact) mass is 287 g/mol. The molecular formula is C17H21NO3. The minimum atomic E-state index is -0.366. The topological polar surface area (TPSA) is 38.8 Å². The minimum Gasteiger partial charge on any atom is -0.465 e. The van der Waals surface area contributed by atoms with Crippen molar-refractivity contribution in [2.24, 2.45) is 5.92 Å². The standard InChI is InChI=1S/C17H21NO3/c1-3-20-17(19)16-14-9-10-15(11-14)21-18(16)12(2)13-7-5-4-6-8-13/h4-10,12,14-16H,3,11H2,1-2H3/t12-,14+,15-,16+/m1/s1. The van der Waals surface area contributed by atoms with Crippen LogP contribution in [0.1, 0.15) is 31.9 Å². The van der Waals surface area contributed by atoms with E-state index >= 15 is 0 Å². The summed E-state index contributed by atoms with van der Waals surface area (Å²) in [6.07, 6.45) is 5.08. The molecule has 0 radical (unpaired) electrons. The number of rotatable bonds is 4. The highest BCUT2D eigenvalue weighted by Gasteiger charge is 2.45. The smallest absolute Gasteiger partial charge is 0.326 e. The molecule has 4 atom stereocenters. The summed E-state index contributed by atoms with van der Waals surface area (Å²) in [6.45, 7) is 4.29. The summed E-state index contributed by atoms with van der Waals surface area (Å²) in [7, 11) is 0. The fourth-order valence-corrected chi connectivity index (χ4v) is 3.13. The second-order valence-corrected chi connectivity index (χ2v) is 5.57. The van der Waals surface area contributed by atoms with Crippen molar-refractivity contribution in [3.05, 3.63) is 48.0 Å². The highest BCUT2D eigenvalue weighted by Crippen LogP contribution is 2.38. The molecule has 1 saturated heterocycles. The summed E-state index contributed by atoms with van der Waals surface area (Å²) < 4.78 is 5.25. The van der Waals surface area contributed by atoms with Gasteiger partial charge < -0.3 is 4.74 Å². The Hall–Kier alpha value is -1.65. The molecule has 2 bridgehead atoms. The zero-order valence-electron chi connectivity index (χ0n) is 12.4. The molecule has 4 heteroatoms. The number of fused-ring (bicyclic) bond motifs is 2. The lowest BCUT2D eigenvalue weighted by molar-refractivity contribution is -0.262. The second kappa shape index (κ2) is 6.00. The summed E-state index contributed by atoms with van der Waals surface area (Å²) in [4.78, 5) is 18.4. The Balaban J connectivity index is 1.86. The van der Waals surface area contributed by atoms with Crippen LogP contribution in [0.4, 0.5) is 0 Å². The SMILES string of the molecule is CCOC(=O)[C@@H]1[C@H]2C=C[C@H](C2)ON1[C@H](C)c1ccccc1. The average Bonchev–Trinajstić information content (AvgIpc) is 2.88. The zero-order valence-corrected chi connectivity index (χ0v) is 12.4. The maximum Gasteiger partial charge on any atom is 0.326 e. The number of hydrogen-bond donors (Lipinski definition) is 0. The first-order valence-corrected chi connectivity index (χ1v) is 7.55. The van der Waals surface area contributed by atoms with E-state index in [4.69, 9.17) is 9.57 Å². The van der Waals surface area contributed by atoms with Crippen molar-refractivity contribution in [1.29, 1.82) is 0 Å². The fraction of sp³-hybridized carbons (Fsp3) is 0.471. The second-order valence-electron chi connectivity index (χ2n) is 5.57. The molecule has 0 aromatic heterocycles. The van der Waals surface area contributed by atoms with Gasteiger partial charge in [0.1, 0.15) is 6.04 Å². The van der Waals surface area contributed by atoms with Gasteiger partial charge in [-0.25, -0.2) is 0 Å². The van der Waals surface area contributed by atoms with Crippen molar-refractivity contribution in [1.82, 2.24) is 5.06 Å². The predicted octanol–water partition coefficient (Wildman–Crippen LogP) is 2.87. The van der Waals surface area contributed by atoms with Crippen LogP contribution in [0.15, 0.2) is 42.5 Å². The van der Waals surface area contributed by atoms with Gasteiger partial charge >= 0.3 is 5.97 Å². The summed E-state index contributed by atoms with van der Waals surface area (Å²) in [6, 6.07) is 9.74. The van der Waals surface area contributed by atoms with E-state index in [1.54, 1.807) is 0 Å². The van der Waals surface area contributed by atoms with E-state index in [0.29, 0.717) is 6.61 Å². The normalized spacial score (nSPS) is 29.3. The number of benzene rings is 1. The van der Waals surface area contributed by atoms with Gasteiger partial charge in [0.15, 0.2) is 0 Å². The van der Waals surface area contributed by atoms with Gasteiger partial charge in [0.2, 0.25) is 0 Å². The van der Waals surface area contributed by atoms with E-state index in [1.165, 1.54) is 0 Å². The summed E-state index contributed by atoms with van der Waals surface area (Å²) in [5.74, 6) is -0.0238. The molecule has 112 valence electrons.